The topological polar surface area (TPSA) is 17.1 Å². The van der Waals surface area contributed by atoms with Crippen molar-refractivity contribution in [1.29, 1.82) is 0 Å². The maximum absolute atomic E-state index is 13.6. The first-order valence-corrected chi connectivity index (χ1v) is 15.0. The quantitative estimate of drug-likeness (QED) is 0.110. The van der Waals surface area contributed by atoms with Crippen LogP contribution in [0.25, 0.3) is 4.47 Å². The van der Waals surface area contributed by atoms with Gasteiger partial charge in [-0.1, -0.05) is 0 Å². The molecule has 0 aliphatic carbocycles. The molecule has 1 nitrogen and oxygen atoms in total. The summed E-state index contributed by atoms with van der Waals surface area (Å²) < 4.78 is 3.75. The van der Waals surface area contributed by atoms with Crippen molar-refractivity contribution >= 4 is 49.1 Å². The van der Waals surface area contributed by atoms with Crippen molar-refractivity contribution < 1.29 is 4.79 Å². The Labute approximate surface area is 215 Å². The van der Waals surface area contributed by atoms with Crippen LogP contribution in [0.3, 0.4) is 0 Å². The molecule has 3 heteroatoms. The van der Waals surface area contributed by atoms with Crippen LogP contribution in [-0.2, 0) is 0 Å². The molecule has 4 aromatic rings. The fourth-order valence-corrected chi connectivity index (χ4v) is 7.27. The molecule has 0 aliphatic heterocycles. The van der Waals surface area contributed by atoms with Gasteiger partial charge in [-0.2, -0.15) is 0 Å². The maximum atomic E-state index is 13.6. The van der Waals surface area contributed by atoms with Gasteiger partial charge in [-0.05, 0) is 0 Å². The monoisotopic (exact) mass is 574 g/mol. The molecule has 0 unspecified atom stereocenters. The summed E-state index contributed by atoms with van der Waals surface area (Å²) in [6.45, 7) is 2.04. The van der Waals surface area contributed by atoms with Gasteiger partial charge in [-0.15, -0.1) is 0 Å². The van der Waals surface area contributed by atoms with Crippen LogP contribution < -0.4 is 8.92 Å². The van der Waals surface area contributed by atoms with E-state index in [1.807, 2.05) is 49.4 Å². The molecule has 0 atom stereocenters. The summed E-state index contributed by atoms with van der Waals surface area (Å²) in [6, 6.07) is 39.3. The molecule has 0 bridgehead atoms. The molecule has 34 heavy (non-hydrogen) atoms. The number of ketones is 1. The van der Waals surface area contributed by atoms with E-state index in [4.69, 9.17) is 0 Å². The Morgan fingerprint density at radius 1 is 0.676 bits per heavy atom. The van der Waals surface area contributed by atoms with Crippen LogP contribution >= 0.6 is 0 Å². The third kappa shape index (κ3) is 7.05. The van der Waals surface area contributed by atoms with Crippen molar-refractivity contribution in [3.63, 3.8) is 0 Å². The third-order valence-electron chi connectivity index (χ3n) is 5.22. The van der Waals surface area contributed by atoms with Gasteiger partial charge in [0.1, 0.15) is 0 Å². The Kier molecular flexibility index (Phi) is 8.94. The van der Waals surface area contributed by atoms with E-state index in [1.54, 1.807) is 0 Å². The summed E-state index contributed by atoms with van der Waals surface area (Å²) >= 11 is 0.366. The molecule has 0 saturated heterocycles. The molecule has 0 radical (unpaired) electrons. The van der Waals surface area contributed by atoms with E-state index < -0.39 is 0 Å². The van der Waals surface area contributed by atoms with E-state index in [0.29, 0.717) is 15.0 Å². The normalized spacial score (nSPS) is 10.4. The zero-order valence-electron chi connectivity index (χ0n) is 19.1. The summed E-state index contributed by atoms with van der Waals surface area (Å²) in [4.78, 5) is 13.6. The Bertz CT molecular complexity index is 1270. The first-order valence-electron chi connectivity index (χ1n) is 11.3. The number of hydrogen-bond donors (Lipinski definition) is 0. The van der Waals surface area contributed by atoms with Crippen molar-refractivity contribution in [2.24, 2.45) is 0 Å². The van der Waals surface area contributed by atoms with Crippen LogP contribution in [0.5, 0.6) is 0 Å². The molecular formula is C31H26OSe2. The van der Waals surface area contributed by atoms with Crippen molar-refractivity contribution in [3.8, 4) is 0 Å². The van der Waals surface area contributed by atoms with Crippen molar-refractivity contribution in [1.82, 2.24) is 0 Å². The van der Waals surface area contributed by atoms with Crippen LogP contribution in [0, 0.1) is 6.92 Å². The van der Waals surface area contributed by atoms with Gasteiger partial charge in [-0.25, -0.2) is 0 Å². The van der Waals surface area contributed by atoms with E-state index in [1.165, 1.54) is 8.92 Å². The Morgan fingerprint density at radius 2 is 1.24 bits per heavy atom. The Hall–Kier alpha value is -2.89. The SMILES string of the molecule is Cc1ccc(C(=O)C(=C=C([Se]c2ccccc2)c2ccccc2)CC[Se]c2ccccc2)cc1. The molecule has 4 rings (SSSR count). The summed E-state index contributed by atoms with van der Waals surface area (Å²) in [5, 5.41) is 0.970. The standard InChI is InChI=1S/C31H26OSe2/c1-24-17-19-26(20-18-24)31(32)27(21-22-33-28-13-7-3-8-14-28)23-30(25-11-5-2-6-12-25)34-29-15-9-4-10-16-29/h2-20H,21-22H2,1H3. The number of allylic oxidation sites excluding steroid dienone is 1. The van der Waals surface area contributed by atoms with E-state index in [9.17, 15) is 4.79 Å². The van der Waals surface area contributed by atoms with Gasteiger partial charge in [0.05, 0.1) is 0 Å². The van der Waals surface area contributed by atoms with E-state index in [2.05, 4.69) is 78.5 Å². The number of carbonyl (C=O) groups is 1. The van der Waals surface area contributed by atoms with Crippen molar-refractivity contribution in [3.05, 3.63) is 143 Å². The molecule has 0 aromatic heterocycles. The number of benzene rings is 4. The summed E-state index contributed by atoms with van der Waals surface area (Å²) in [7, 11) is 0. The van der Waals surface area contributed by atoms with Gasteiger partial charge in [0.15, 0.2) is 0 Å². The molecule has 0 aliphatic rings. The van der Waals surface area contributed by atoms with Crippen molar-refractivity contribution in [2.45, 2.75) is 18.7 Å². The van der Waals surface area contributed by atoms with Gasteiger partial charge in [0.2, 0.25) is 0 Å². The van der Waals surface area contributed by atoms with Crippen molar-refractivity contribution in [2.75, 3.05) is 0 Å². The zero-order chi connectivity index (χ0) is 23.6. The molecule has 0 heterocycles. The molecule has 0 saturated carbocycles. The predicted octanol–water partition coefficient (Wildman–Crippen LogP) is 5.61. The minimum atomic E-state index is 0.0476. The summed E-state index contributed by atoms with van der Waals surface area (Å²) in [5.41, 5.74) is 7.44. The van der Waals surface area contributed by atoms with E-state index in [0.717, 1.165) is 38.5 Å². The summed E-state index contributed by atoms with van der Waals surface area (Å²) in [6.07, 6.45) is 0.725. The molecule has 0 amide bonds. The molecule has 4 aromatic carbocycles. The number of aryl methyl sites for hydroxylation is 1. The van der Waals surface area contributed by atoms with E-state index in [-0.39, 0.29) is 20.7 Å². The molecule has 0 N–H and O–H groups in total. The second-order valence-electron chi connectivity index (χ2n) is 7.82. The number of Topliss-reactive ketones (excluding diaryl/α,β-unsaturated/α-hetero) is 1. The minimum absolute atomic E-state index is 0.0476. The predicted molar refractivity (Wildman–Crippen MR) is 145 cm³/mol. The van der Waals surface area contributed by atoms with Gasteiger partial charge >= 0.3 is 216 Å². The number of rotatable bonds is 9. The first kappa shape index (κ1) is 24.2. The van der Waals surface area contributed by atoms with Crippen LogP contribution in [0.15, 0.2) is 127 Å². The average Bonchev–Trinajstić information content (AvgIpc) is 2.89. The molecule has 0 fully saturated rings. The van der Waals surface area contributed by atoms with Crippen LogP contribution in [0.2, 0.25) is 5.32 Å². The van der Waals surface area contributed by atoms with Gasteiger partial charge in [0, 0.05) is 0 Å². The number of hydrogen-bond acceptors (Lipinski definition) is 1. The molecule has 168 valence electrons. The Morgan fingerprint density at radius 3 is 1.85 bits per heavy atom. The van der Waals surface area contributed by atoms with Crippen LogP contribution in [0.4, 0.5) is 0 Å². The third-order valence-corrected chi connectivity index (χ3v) is 9.54. The fraction of sp³-hybridized carbons (Fsp3) is 0.0968. The van der Waals surface area contributed by atoms with Gasteiger partial charge in [0.25, 0.3) is 0 Å². The van der Waals surface area contributed by atoms with Gasteiger partial charge in [-0.3, -0.25) is 0 Å². The average molecular weight is 572 g/mol. The van der Waals surface area contributed by atoms with E-state index >= 15 is 0 Å². The number of carbonyl (C=O) groups excluding carboxylic acids is 1. The fourth-order valence-electron chi connectivity index (χ4n) is 3.39. The molecule has 0 spiro atoms. The zero-order valence-corrected chi connectivity index (χ0v) is 22.5. The van der Waals surface area contributed by atoms with Crippen LogP contribution in [-0.4, -0.2) is 35.7 Å². The van der Waals surface area contributed by atoms with Crippen LogP contribution in [0.1, 0.15) is 27.9 Å². The van der Waals surface area contributed by atoms with Gasteiger partial charge < -0.3 is 0 Å². The summed E-state index contributed by atoms with van der Waals surface area (Å²) in [5.74, 6) is 0.0844. The second-order valence-corrected chi connectivity index (χ2v) is 12.5. The molecular weight excluding hydrogens is 546 g/mol. The second kappa shape index (κ2) is 12.5. The Balaban J connectivity index is 1.73. The first-order chi connectivity index (χ1) is 16.7.